The van der Waals surface area contributed by atoms with E-state index < -0.39 is 21.0 Å². The van der Waals surface area contributed by atoms with E-state index in [2.05, 4.69) is 10.8 Å². The van der Waals surface area contributed by atoms with E-state index in [-0.39, 0.29) is 40.7 Å². The van der Waals surface area contributed by atoms with Crippen molar-refractivity contribution in [1.29, 1.82) is 0 Å². The fraction of sp³-hybridized carbons (Fsp3) is 0. The first kappa shape index (κ1) is 21.0. The van der Waals surface area contributed by atoms with E-state index in [1.807, 2.05) is 0 Å². The number of urea groups is 1. The average molecular weight is 396 g/mol. The number of nitrogens with one attached hydrogen (secondary N) is 2. The number of rotatable bonds is 4. The Morgan fingerprint density at radius 1 is 1.04 bits per heavy atom. The first-order chi connectivity index (χ1) is 12.3. The van der Waals surface area contributed by atoms with Crippen LogP contribution >= 0.6 is 0 Å². The normalized spacial score (nSPS) is 10.7. The van der Waals surface area contributed by atoms with Gasteiger partial charge in [0, 0.05) is 11.1 Å². The van der Waals surface area contributed by atoms with Gasteiger partial charge >= 0.3 is 35.6 Å². The monoisotopic (exact) mass is 396 g/mol. The van der Waals surface area contributed by atoms with Gasteiger partial charge in [-0.25, -0.2) is 13.2 Å². The van der Waals surface area contributed by atoms with Gasteiger partial charge in [-0.2, -0.15) is 5.48 Å². The number of carbonyl (C=O) groups excluding carboxylic acids is 1. The number of hydrogen-bond acceptors (Lipinski definition) is 6. The summed E-state index contributed by atoms with van der Waals surface area (Å²) in [6.45, 7) is 0. The van der Waals surface area contributed by atoms with Gasteiger partial charge in [-0.05, 0) is 47.9 Å². The molecule has 0 heterocycles. The Morgan fingerprint density at radius 3 is 2.41 bits per heavy atom. The van der Waals surface area contributed by atoms with Crippen molar-refractivity contribution < 1.29 is 57.3 Å². The average Bonchev–Trinajstić information content (AvgIpc) is 2.60. The molecule has 134 valence electrons. The maximum Gasteiger partial charge on any atom is 1.00 e. The number of fused-ring (bicyclic) bond motifs is 1. The van der Waals surface area contributed by atoms with Crippen molar-refractivity contribution in [1.82, 2.24) is 5.48 Å². The quantitative estimate of drug-likeness (QED) is 0.312. The van der Waals surface area contributed by atoms with Gasteiger partial charge in [-0.15, -0.1) is 0 Å². The summed E-state index contributed by atoms with van der Waals surface area (Å²) >= 11 is 0. The Morgan fingerprint density at radius 2 is 1.74 bits per heavy atom. The van der Waals surface area contributed by atoms with Crippen LogP contribution in [0.1, 0.15) is 0 Å². The summed E-state index contributed by atoms with van der Waals surface area (Å²) in [7, 11) is -4.72. The second-order valence-corrected chi connectivity index (χ2v) is 6.68. The predicted molar refractivity (Wildman–Crippen MR) is 92.8 cm³/mol. The van der Waals surface area contributed by atoms with E-state index >= 15 is 0 Å². The van der Waals surface area contributed by atoms with E-state index in [0.717, 1.165) is 12.1 Å². The molecule has 2 amide bonds. The molecule has 3 aromatic carbocycles. The van der Waals surface area contributed by atoms with Gasteiger partial charge in [0.05, 0.1) is 4.90 Å². The third-order valence-corrected chi connectivity index (χ3v) is 4.27. The molecular formula is C17H13N2NaO6S. The zero-order valence-electron chi connectivity index (χ0n) is 14.2. The summed E-state index contributed by atoms with van der Waals surface area (Å²) in [5.74, 6) is 0.0942. The zero-order valence-corrected chi connectivity index (χ0v) is 17.0. The summed E-state index contributed by atoms with van der Waals surface area (Å²) in [6, 6.07) is 14.4. The van der Waals surface area contributed by atoms with Gasteiger partial charge in [-0.3, -0.25) is 0 Å². The first-order valence-electron chi connectivity index (χ1n) is 7.34. The summed E-state index contributed by atoms with van der Waals surface area (Å²) in [5, 5.41) is 13.0. The van der Waals surface area contributed by atoms with Crippen molar-refractivity contribution in [3.8, 4) is 11.5 Å². The van der Waals surface area contributed by atoms with Gasteiger partial charge < -0.3 is 19.8 Å². The minimum absolute atomic E-state index is 0. The Bertz CT molecular complexity index is 1070. The van der Waals surface area contributed by atoms with E-state index in [9.17, 15) is 22.9 Å². The van der Waals surface area contributed by atoms with Gasteiger partial charge in [0.2, 0.25) is 0 Å². The van der Waals surface area contributed by atoms with Crippen LogP contribution in [0.2, 0.25) is 0 Å². The molecule has 0 unspecified atom stereocenters. The number of phenols is 1. The number of amides is 2. The number of phenolic OH excluding ortho intramolecular Hbond substituents is 1. The molecule has 8 nitrogen and oxygen atoms in total. The number of benzene rings is 3. The molecule has 3 rings (SSSR count). The van der Waals surface area contributed by atoms with Crippen LogP contribution in [0.25, 0.3) is 10.8 Å². The first-order valence-corrected chi connectivity index (χ1v) is 8.75. The van der Waals surface area contributed by atoms with Crippen LogP contribution < -0.4 is 45.2 Å². The molecule has 10 heteroatoms. The van der Waals surface area contributed by atoms with E-state index in [1.165, 1.54) is 18.2 Å². The van der Waals surface area contributed by atoms with Crippen molar-refractivity contribution in [2.75, 3.05) is 5.32 Å². The smallest absolute Gasteiger partial charge is 0.744 e. The summed E-state index contributed by atoms with van der Waals surface area (Å²) in [6.07, 6.45) is 0. The fourth-order valence-corrected chi connectivity index (χ4v) is 2.82. The van der Waals surface area contributed by atoms with E-state index in [1.54, 1.807) is 30.3 Å². The van der Waals surface area contributed by atoms with Gasteiger partial charge in [0.1, 0.15) is 15.9 Å². The number of para-hydroxylation sites is 1. The molecule has 0 aromatic heterocycles. The molecule has 0 aliphatic rings. The van der Waals surface area contributed by atoms with Crippen LogP contribution in [0.15, 0.2) is 65.6 Å². The van der Waals surface area contributed by atoms with Crippen LogP contribution in [-0.2, 0) is 10.1 Å². The Labute approximate surface area is 177 Å². The number of carbonyl (C=O) groups is 1. The molecule has 0 atom stereocenters. The third-order valence-electron chi connectivity index (χ3n) is 3.46. The molecule has 0 bridgehead atoms. The molecule has 0 radical (unpaired) electrons. The number of hydroxylamine groups is 1. The SMILES string of the molecule is O=C(NOc1ccccc1)Nc1ccc2c(O)cc(S(=O)(=O)[O-])cc2c1.[Na+]. The van der Waals surface area contributed by atoms with Gasteiger partial charge in [0.15, 0.2) is 5.75 Å². The second kappa shape index (κ2) is 8.59. The number of hydrogen-bond donors (Lipinski definition) is 3. The molecule has 0 aliphatic carbocycles. The Balaban J connectivity index is 0.00000261. The Kier molecular flexibility index (Phi) is 6.68. The summed E-state index contributed by atoms with van der Waals surface area (Å²) < 4.78 is 33.4. The van der Waals surface area contributed by atoms with Crippen molar-refractivity contribution in [2.24, 2.45) is 0 Å². The predicted octanol–water partition coefficient (Wildman–Crippen LogP) is -0.431. The topological polar surface area (TPSA) is 128 Å². The molecule has 0 spiro atoms. The minimum Gasteiger partial charge on any atom is -0.744 e. The minimum atomic E-state index is -4.72. The standard InChI is InChI=1S/C17H14N2O6S.Na/c20-16-10-14(26(22,23)24)9-11-8-12(6-7-15(11)16)18-17(21)19-25-13-4-2-1-3-5-13;/h1-10,20H,(H2,18,19,21)(H,22,23,24);/q;+1/p-1. The third kappa shape index (κ3) is 5.34. The van der Waals surface area contributed by atoms with Crippen molar-refractivity contribution >= 4 is 32.6 Å². The van der Waals surface area contributed by atoms with E-state index in [4.69, 9.17) is 4.84 Å². The van der Waals surface area contributed by atoms with Crippen LogP contribution in [0.5, 0.6) is 11.5 Å². The van der Waals surface area contributed by atoms with Crippen molar-refractivity contribution in [3.05, 3.63) is 60.7 Å². The summed E-state index contributed by atoms with van der Waals surface area (Å²) in [4.78, 5) is 16.4. The van der Waals surface area contributed by atoms with Crippen LogP contribution in [0.4, 0.5) is 10.5 Å². The van der Waals surface area contributed by atoms with Crippen molar-refractivity contribution in [2.45, 2.75) is 4.90 Å². The molecule has 0 saturated carbocycles. The molecule has 0 saturated heterocycles. The van der Waals surface area contributed by atoms with Gasteiger partial charge in [0.25, 0.3) is 0 Å². The molecule has 0 fully saturated rings. The number of aromatic hydroxyl groups is 1. The molecule has 27 heavy (non-hydrogen) atoms. The zero-order chi connectivity index (χ0) is 18.7. The van der Waals surface area contributed by atoms with Crippen molar-refractivity contribution in [3.63, 3.8) is 0 Å². The largest absolute Gasteiger partial charge is 1.00 e. The maximum atomic E-state index is 11.9. The Hall–Kier alpha value is -2.30. The molecule has 3 N–H and O–H groups in total. The summed E-state index contributed by atoms with van der Waals surface area (Å²) in [5.41, 5.74) is 2.51. The van der Waals surface area contributed by atoms with Crippen LogP contribution in [0, 0.1) is 0 Å². The molecular weight excluding hydrogens is 383 g/mol. The molecule has 0 aliphatic heterocycles. The van der Waals surface area contributed by atoms with Crippen LogP contribution in [-0.4, -0.2) is 24.1 Å². The fourth-order valence-electron chi connectivity index (χ4n) is 2.30. The maximum absolute atomic E-state index is 11.9. The van der Waals surface area contributed by atoms with Gasteiger partial charge in [-0.1, -0.05) is 18.2 Å². The van der Waals surface area contributed by atoms with Crippen LogP contribution in [0.3, 0.4) is 0 Å². The molecule has 3 aromatic rings. The number of anilines is 1. The second-order valence-electron chi connectivity index (χ2n) is 5.30. The van der Waals surface area contributed by atoms with E-state index in [0.29, 0.717) is 16.8 Å².